The molecular formula is C18H22ClN5O2. The number of rotatable bonds is 7. The zero-order chi connectivity index (χ0) is 18.7. The maximum atomic E-state index is 12.2. The van der Waals surface area contributed by atoms with Gasteiger partial charge in [0.15, 0.2) is 5.65 Å². The molecule has 1 amide bonds. The molecule has 3 aromatic rings. The minimum absolute atomic E-state index is 0.0647. The van der Waals surface area contributed by atoms with Gasteiger partial charge < -0.3 is 15.0 Å². The van der Waals surface area contributed by atoms with Crippen LogP contribution in [0.2, 0.25) is 5.02 Å². The van der Waals surface area contributed by atoms with Crippen molar-refractivity contribution in [3.8, 4) is 0 Å². The molecule has 26 heavy (non-hydrogen) atoms. The number of fused-ring (bicyclic) bond motifs is 3. The number of ether oxygens (including phenoxy) is 1. The van der Waals surface area contributed by atoms with E-state index >= 15 is 0 Å². The molecule has 2 aromatic heterocycles. The molecule has 0 bridgehead atoms. The fraction of sp³-hybridized carbons (Fsp3) is 0.389. The lowest BCUT2D eigenvalue weighted by atomic mass is 10.2. The molecule has 0 fully saturated rings. The van der Waals surface area contributed by atoms with Crippen LogP contribution in [0, 0.1) is 6.92 Å². The minimum atomic E-state index is -0.0647. The van der Waals surface area contributed by atoms with Crippen molar-refractivity contribution >= 4 is 39.9 Å². The Morgan fingerprint density at radius 2 is 2.15 bits per heavy atom. The molecule has 0 aliphatic rings. The Hall–Kier alpha value is -2.38. The predicted octanol–water partition coefficient (Wildman–Crippen LogP) is 2.43. The average Bonchev–Trinajstić information content (AvgIpc) is 2.93. The maximum Gasteiger partial charge on any atom is 0.239 e. The van der Waals surface area contributed by atoms with Gasteiger partial charge in [0.2, 0.25) is 5.91 Å². The van der Waals surface area contributed by atoms with Crippen molar-refractivity contribution in [1.29, 1.82) is 0 Å². The molecule has 1 N–H and O–H groups in total. The van der Waals surface area contributed by atoms with Crippen LogP contribution >= 0.6 is 11.6 Å². The van der Waals surface area contributed by atoms with Gasteiger partial charge >= 0.3 is 0 Å². The maximum absolute atomic E-state index is 12.2. The summed E-state index contributed by atoms with van der Waals surface area (Å²) >= 11 is 6.37. The number of anilines is 1. The fourth-order valence-corrected chi connectivity index (χ4v) is 3.01. The van der Waals surface area contributed by atoms with Gasteiger partial charge in [0, 0.05) is 32.7 Å². The molecule has 0 aliphatic heterocycles. The van der Waals surface area contributed by atoms with Gasteiger partial charge in [0.05, 0.1) is 17.8 Å². The summed E-state index contributed by atoms with van der Waals surface area (Å²) in [6, 6.07) is 7.82. The Kier molecular flexibility index (Phi) is 5.58. The lowest BCUT2D eigenvalue weighted by Crippen LogP contribution is -2.36. The molecule has 7 nitrogen and oxygen atoms in total. The van der Waals surface area contributed by atoms with E-state index in [0.29, 0.717) is 29.6 Å². The zero-order valence-electron chi connectivity index (χ0n) is 15.1. The smallest absolute Gasteiger partial charge is 0.239 e. The third-order valence-electron chi connectivity index (χ3n) is 4.14. The van der Waals surface area contributed by atoms with Crippen LogP contribution in [0.15, 0.2) is 24.3 Å². The second-order valence-electron chi connectivity index (χ2n) is 6.14. The lowest BCUT2D eigenvalue weighted by Gasteiger charge is -2.20. The first-order valence-electron chi connectivity index (χ1n) is 8.43. The van der Waals surface area contributed by atoms with Crippen LogP contribution in [-0.4, -0.2) is 54.4 Å². The van der Waals surface area contributed by atoms with Crippen LogP contribution in [0.25, 0.3) is 16.6 Å². The second-order valence-corrected chi connectivity index (χ2v) is 6.52. The summed E-state index contributed by atoms with van der Waals surface area (Å²) in [5, 5.41) is 8.79. The van der Waals surface area contributed by atoms with E-state index in [0.717, 1.165) is 23.0 Å². The number of carbonyl (C=O) groups excluding carboxylic acids is 1. The molecule has 0 unspecified atom stereocenters. The van der Waals surface area contributed by atoms with Crippen LogP contribution in [0.3, 0.4) is 0 Å². The Morgan fingerprint density at radius 1 is 1.38 bits per heavy atom. The molecule has 0 spiro atoms. The number of halogens is 1. The standard InChI is InChI=1S/C18H22ClN5O2/c1-12-16(19)18-21-17(13-7-4-5-8-14(13)24(18)22-12)23(2)11-15(25)20-9-6-10-26-3/h4-5,7-8H,6,9-11H2,1-3H3,(H,20,25). The highest BCUT2D eigenvalue weighted by atomic mass is 35.5. The van der Waals surface area contributed by atoms with Gasteiger partial charge in [-0.2, -0.15) is 5.10 Å². The topological polar surface area (TPSA) is 71.8 Å². The number of nitrogens with one attached hydrogen (secondary N) is 1. The molecule has 138 valence electrons. The molecular weight excluding hydrogens is 354 g/mol. The predicted molar refractivity (Wildman–Crippen MR) is 103 cm³/mol. The average molecular weight is 376 g/mol. The van der Waals surface area contributed by atoms with E-state index < -0.39 is 0 Å². The molecule has 3 rings (SSSR count). The minimum Gasteiger partial charge on any atom is -0.385 e. The van der Waals surface area contributed by atoms with E-state index in [1.165, 1.54) is 0 Å². The first-order chi connectivity index (χ1) is 12.5. The summed E-state index contributed by atoms with van der Waals surface area (Å²) in [5.74, 6) is 0.632. The highest BCUT2D eigenvalue weighted by molar-refractivity contribution is 6.34. The molecule has 1 aromatic carbocycles. The number of aryl methyl sites for hydroxylation is 1. The largest absolute Gasteiger partial charge is 0.385 e. The Bertz CT molecular complexity index is 940. The number of likely N-dealkylation sites (N-methyl/N-ethyl adjacent to an activating group) is 1. The Morgan fingerprint density at radius 3 is 2.92 bits per heavy atom. The highest BCUT2D eigenvalue weighted by Crippen LogP contribution is 2.29. The van der Waals surface area contributed by atoms with Crippen molar-refractivity contribution in [3.63, 3.8) is 0 Å². The number of nitrogens with zero attached hydrogens (tertiary/aromatic N) is 4. The first-order valence-corrected chi connectivity index (χ1v) is 8.81. The summed E-state index contributed by atoms with van der Waals surface area (Å²) < 4.78 is 6.73. The highest BCUT2D eigenvalue weighted by Gasteiger charge is 2.18. The Labute approximate surface area is 156 Å². The van der Waals surface area contributed by atoms with E-state index in [9.17, 15) is 4.79 Å². The van der Waals surface area contributed by atoms with Gasteiger partial charge in [-0.3, -0.25) is 4.79 Å². The number of aromatic nitrogens is 3. The lowest BCUT2D eigenvalue weighted by molar-refractivity contribution is -0.119. The third kappa shape index (κ3) is 3.59. The molecule has 8 heteroatoms. The number of amides is 1. The quantitative estimate of drug-likeness (QED) is 0.642. The fourth-order valence-electron chi connectivity index (χ4n) is 2.85. The molecule has 0 saturated heterocycles. The van der Waals surface area contributed by atoms with Gasteiger partial charge in [-0.25, -0.2) is 9.50 Å². The molecule has 0 atom stereocenters. The van der Waals surface area contributed by atoms with Crippen molar-refractivity contribution in [2.75, 3.05) is 38.8 Å². The SMILES string of the molecule is COCCCNC(=O)CN(C)c1nc2c(Cl)c(C)nn2c2ccccc12. The monoisotopic (exact) mass is 375 g/mol. The Balaban J connectivity index is 1.90. The van der Waals surface area contributed by atoms with Crippen molar-refractivity contribution < 1.29 is 9.53 Å². The van der Waals surface area contributed by atoms with E-state index in [4.69, 9.17) is 16.3 Å². The van der Waals surface area contributed by atoms with Gasteiger partial charge in [0.25, 0.3) is 0 Å². The van der Waals surface area contributed by atoms with E-state index in [1.54, 1.807) is 11.6 Å². The first kappa shape index (κ1) is 18.4. The van der Waals surface area contributed by atoms with Gasteiger partial charge in [-0.1, -0.05) is 23.7 Å². The number of methoxy groups -OCH3 is 1. The number of para-hydroxylation sites is 1. The van der Waals surface area contributed by atoms with Gasteiger partial charge in [0.1, 0.15) is 10.8 Å². The van der Waals surface area contributed by atoms with Crippen LogP contribution in [0.5, 0.6) is 0 Å². The van der Waals surface area contributed by atoms with E-state index in [-0.39, 0.29) is 12.5 Å². The van der Waals surface area contributed by atoms with Crippen molar-refractivity contribution in [1.82, 2.24) is 19.9 Å². The number of hydrogen-bond donors (Lipinski definition) is 1. The van der Waals surface area contributed by atoms with Crippen LogP contribution in [-0.2, 0) is 9.53 Å². The number of hydrogen-bond acceptors (Lipinski definition) is 5. The summed E-state index contributed by atoms with van der Waals surface area (Å²) in [4.78, 5) is 18.7. The molecule has 0 radical (unpaired) electrons. The third-order valence-corrected chi connectivity index (χ3v) is 4.58. The van der Waals surface area contributed by atoms with Crippen LogP contribution < -0.4 is 10.2 Å². The van der Waals surface area contributed by atoms with E-state index in [1.807, 2.05) is 43.1 Å². The zero-order valence-corrected chi connectivity index (χ0v) is 15.9. The molecule has 0 saturated carbocycles. The van der Waals surface area contributed by atoms with Gasteiger partial charge in [-0.05, 0) is 25.5 Å². The van der Waals surface area contributed by atoms with E-state index in [2.05, 4.69) is 15.4 Å². The second kappa shape index (κ2) is 7.88. The number of benzene rings is 1. The normalized spacial score (nSPS) is 11.2. The van der Waals surface area contributed by atoms with Gasteiger partial charge in [-0.15, -0.1) is 0 Å². The summed E-state index contributed by atoms with van der Waals surface area (Å²) in [7, 11) is 3.49. The number of carbonyl (C=O) groups is 1. The van der Waals surface area contributed by atoms with Crippen molar-refractivity contribution in [3.05, 3.63) is 35.0 Å². The van der Waals surface area contributed by atoms with Crippen molar-refractivity contribution in [2.24, 2.45) is 0 Å². The summed E-state index contributed by atoms with van der Waals surface area (Å²) in [6.45, 7) is 3.26. The van der Waals surface area contributed by atoms with Crippen LogP contribution in [0.4, 0.5) is 5.82 Å². The van der Waals surface area contributed by atoms with Crippen LogP contribution in [0.1, 0.15) is 12.1 Å². The van der Waals surface area contributed by atoms with Crippen molar-refractivity contribution in [2.45, 2.75) is 13.3 Å². The summed E-state index contributed by atoms with van der Waals surface area (Å²) in [5.41, 5.74) is 2.21. The molecule has 2 heterocycles. The molecule has 0 aliphatic carbocycles. The summed E-state index contributed by atoms with van der Waals surface area (Å²) in [6.07, 6.45) is 0.782.